The third-order valence-corrected chi connectivity index (χ3v) is 12.9. The molecule has 6 aromatic rings. The smallest absolute Gasteiger partial charge is 0.158 e. The van der Waals surface area contributed by atoms with Gasteiger partial charge in [-0.3, -0.25) is 0 Å². The largest absolute Gasteiger partial charge is 2.00 e. The summed E-state index contributed by atoms with van der Waals surface area (Å²) >= 11 is 0. The Morgan fingerprint density at radius 2 is 0.929 bits per heavy atom. The van der Waals surface area contributed by atoms with E-state index in [4.69, 9.17) is 0 Å². The fraction of sp³-hybridized carbons (Fsp3) is 0.250. The van der Waals surface area contributed by atoms with Crippen molar-refractivity contribution in [2.75, 3.05) is 0 Å². The summed E-state index contributed by atoms with van der Waals surface area (Å²) in [5, 5.41) is 8.83. The predicted molar refractivity (Wildman–Crippen MR) is 184 cm³/mol. The Hall–Kier alpha value is -2.80. The van der Waals surface area contributed by atoms with Gasteiger partial charge in [-0.15, -0.1) is 69.1 Å². The Balaban J connectivity index is 0.00000353. The summed E-state index contributed by atoms with van der Waals surface area (Å²) in [5.74, 6) is 0. The first kappa shape index (κ1) is 30.7. The molecule has 6 aromatic carbocycles. The monoisotopic (exact) mass is 640 g/mol. The number of benzene rings is 4. The van der Waals surface area contributed by atoms with Gasteiger partial charge in [-0.1, -0.05) is 125 Å². The minimum absolute atomic E-state index is 0. The van der Waals surface area contributed by atoms with Crippen molar-refractivity contribution in [2.45, 2.75) is 66.5 Å². The van der Waals surface area contributed by atoms with Crippen molar-refractivity contribution in [3.05, 3.63) is 119 Å². The van der Waals surface area contributed by atoms with Crippen molar-refractivity contribution in [3.8, 4) is 22.3 Å². The van der Waals surface area contributed by atoms with Crippen LogP contribution in [0.15, 0.2) is 97.1 Å². The van der Waals surface area contributed by atoms with Gasteiger partial charge in [0, 0.05) is 8.07 Å². The van der Waals surface area contributed by atoms with E-state index in [0.717, 1.165) is 12.8 Å². The third-order valence-electron chi connectivity index (χ3n) is 9.08. The van der Waals surface area contributed by atoms with Crippen molar-refractivity contribution in [1.29, 1.82) is 0 Å². The predicted octanol–water partition coefficient (Wildman–Crippen LogP) is 10.1. The molecule has 0 spiro atoms. The molecule has 0 radical (unpaired) electrons. The molecular formula is C40H42SiZr. The van der Waals surface area contributed by atoms with Crippen LogP contribution in [-0.2, 0) is 39.0 Å². The molecule has 0 amide bonds. The fourth-order valence-electron chi connectivity index (χ4n) is 7.44. The molecule has 0 heterocycles. The molecule has 0 fully saturated rings. The van der Waals surface area contributed by atoms with E-state index in [9.17, 15) is 0 Å². The molecule has 0 N–H and O–H groups in total. The number of aryl methyl sites for hydroxylation is 4. The zero-order valence-electron chi connectivity index (χ0n) is 26.1. The number of fused-ring (bicyclic) bond motifs is 2. The molecule has 2 heteroatoms. The van der Waals surface area contributed by atoms with Gasteiger partial charge in [-0.05, 0) is 35.1 Å². The van der Waals surface area contributed by atoms with E-state index in [0.29, 0.717) is 0 Å². The topological polar surface area (TPSA) is 0 Å². The van der Waals surface area contributed by atoms with Crippen LogP contribution in [0.1, 0.15) is 48.9 Å². The minimum atomic E-state index is -2.14. The van der Waals surface area contributed by atoms with E-state index in [1.807, 2.05) is 0 Å². The Morgan fingerprint density at radius 1 is 0.548 bits per heavy atom. The van der Waals surface area contributed by atoms with Crippen molar-refractivity contribution in [3.63, 3.8) is 0 Å². The van der Waals surface area contributed by atoms with Crippen LogP contribution in [0.25, 0.3) is 43.8 Å². The minimum Gasteiger partial charge on any atom is -0.158 e. The molecular weight excluding hydrogens is 600 g/mol. The summed E-state index contributed by atoms with van der Waals surface area (Å²) in [4.78, 5) is 0. The molecule has 0 saturated carbocycles. The Morgan fingerprint density at radius 3 is 1.29 bits per heavy atom. The quantitative estimate of drug-likeness (QED) is 0.115. The van der Waals surface area contributed by atoms with Gasteiger partial charge < -0.3 is 0 Å². The van der Waals surface area contributed by atoms with Gasteiger partial charge in [-0.25, -0.2) is 0 Å². The molecule has 6 rings (SSSR count). The summed E-state index contributed by atoms with van der Waals surface area (Å²) in [7, 11) is -2.14. The van der Waals surface area contributed by atoms with E-state index in [2.05, 4.69) is 138 Å². The van der Waals surface area contributed by atoms with Crippen LogP contribution in [-0.4, -0.2) is 8.07 Å². The van der Waals surface area contributed by atoms with Gasteiger partial charge in [0.15, 0.2) is 0 Å². The van der Waals surface area contributed by atoms with Gasteiger partial charge in [0.05, 0.1) is 0 Å². The van der Waals surface area contributed by atoms with Gasteiger partial charge in [0.2, 0.25) is 0 Å². The van der Waals surface area contributed by atoms with Crippen LogP contribution < -0.4 is 10.4 Å². The van der Waals surface area contributed by atoms with E-state index < -0.39 is 8.07 Å². The Kier molecular flexibility index (Phi) is 9.08. The summed E-state index contributed by atoms with van der Waals surface area (Å²) < 4.78 is 0. The summed E-state index contributed by atoms with van der Waals surface area (Å²) in [5.41, 5.74) is 11.1. The number of rotatable bonds is 8. The maximum atomic E-state index is 2.58. The van der Waals surface area contributed by atoms with E-state index in [1.54, 1.807) is 10.4 Å². The molecule has 0 nitrogen and oxygen atoms in total. The number of hydrogen-bond donors (Lipinski definition) is 0. The first-order valence-electron chi connectivity index (χ1n) is 15.4. The zero-order valence-corrected chi connectivity index (χ0v) is 29.5. The summed E-state index contributed by atoms with van der Waals surface area (Å²) in [6.07, 6.45) is 4.63. The molecule has 0 atom stereocenters. The first-order valence-corrected chi connectivity index (χ1v) is 18.4. The van der Waals surface area contributed by atoms with E-state index in [1.165, 1.54) is 78.9 Å². The second-order valence-electron chi connectivity index (χ2n) is 12.5. The van der Waals surface area contributed by atoms with Crippen molar-refractivity contribution >= 4 is 40.0 Å². The average Bonchev–Trinajstić information content (AvgIpc) is 3.50. The molecule has 0 saturated heterocycles. The maximum absolute atomic E-state index is 2.58. The van der Waals surface area contributed by atoms with Crippen molar-refractivity contribution in [2.24, 2.45) is 0 Å². The van der Waals surface area contributed by atoms with E-state index in [-0.39, 0.29) is 26.2 Å². The van der Waals surface area contributed by atoms with Gasteiger partial charge >= 0.3 is 26.2 Å². The second kappa shape index (κ2) is 12.4. The van der Waals surface area contributed by atoms with Crippen LogP contribution in [0.3, 0.4) is 0 Å². The molecule has 42 heavy (non-hydrogen) atoms. The van der Waals surface area contributed by atoms with E-state index >= 15 is 0 Å². The molecule has 0 bridgehead atoms. The standard InChI is InChI=1S/C40H42Si.Zr/c1-7-11-29-17-21-31(22-18-29)35-15-9-13-33-25-27(3)39(37(33)35)41(5,6)40-28(4)26-34-14-10-16-36(38(34)40)32-23-19-30(12-8-2)20-24-32;/h9-10,13-26H,7-8,11-12H2,1-6H3;/q-2;+2. The summed E-state index contributed by atoms with van der Waals surface area (Å²) in [6, 6.07) is 37.3. The molecule has 210 valence electrons. The second-order valence-corrected chi connectivity index (χ2v) is 16.7. The SMILES string of the molecule is CCCc1ccc(-c2cccc3[cH-]c(C)c([Si](C)(C)c4c(C)[cH-]c5cccc(-c6ccc(CCC)cc6)c45)c23)cc1.[Zr+2]. The average molecular weight is 642 g/mol. The Bertz CT molecular complexity index is 1690. The zero-order chi connectivity index (χ0) is 28.7. The van der Waals surface area contributed by atoms with Crippen LogP contribution in [0.2, 0.25) is 13.1 Å². The van der Waals surface area contributed by atoms with Gasteiger partial charge in [0.1, 0.15) is 0 Å². The third kappa shape index (κ3) is 5.38. The molecule has 0 aliphatic carbocycles. The summed E-state index contributed by atoms with van der Waals surface area (Å²) in [6.45, 7) is 14.3. The first-order chi connectivity index (χ1) is 19.8. The number of hydrogen-bond acceptors (Lipinski definition) is 0. The van der Waals surface area contributed by atoms with Crippen LogP contribution in [0.4, 0.5) is 0 Å². The Labute approximate surface area is 272 Å². The van der Waals surface area contributed by atoms with Crippen molar-refractivity contribution in [1.82, 2.24) is 0 Å². The van der Waals surface area contributed by atoms with Crippen LogP contribution >= 0.6 is 0 Å². The molecule has 0 aliphatic rings. The van der Waals surface area contributed by atoms with Gasteiger partial charge in [-0.2, -0.15) is 10.4 Å². The van der Waals surface area contributed by atoms with Crippen LogP contribution in [0, 0.1) is 13.8 Å². The van der Waals surface area contributed by atoms with Gasteiger partial charge in [0.25, 0.3) is 0 Å². The molecule has 0 unspecified atom stereocenters. The normalized spacial score (nSPS) is 11.8. The molecule has 0 aliphatic heterocycles. The molecule has 0 aromatic heterocycles. The van der Waals surface area contributed by atoms with Crippen LogP contribution in [0.5, 0.6) is 0 Å². The van der Waals surface area contributed by atoms with Crippen molar-refractivity contribution < 1.29 is 26.2 Å². The fourth-order valence-corrected chi connectivity index (χ4v) is 11.6. The maximum Gasteiger partial charge on any atom is 2.00 e.